The van der Waals surface area contributed by atoms with E-state index in [1.807, 2.05) is 13.0 Å². The molecule has 0 saturated carbocycles. The van der Waals surface area contributed by atoms with E-state index in [1.54, 1.807) is 11.9 Å². The molecule has 1 fully saturated rings. The second-order valence-corrected chi connectivity index (χ2v) is 4.61. The standard InChI is InChI=1S/C12H19N3O3/c1-9-6-10(14-18-9)8-15(2)12(16)13-7-11-4-3-5-17-11/h6,11H,3-5,7-8H2,1-2H3,(H,13,16). The number of hydrogen-bond acceptors (Lipinski definition) is 4. The van der Waals surface area contributed by atoms with Crippen LogP contribution in [0.25, 0.3) is 0 Å². The van der Waals surface area contributed by atoms with E-state index in [9.17, 15) is 4.79 Å². The molecule has 0 radical (unpaired) electrons. The lowest BCUT2D eigenvalue weighted by Crippen LogP contribution is -2.40. The molecule has 6 heteroatoms. The Balaban J connectivity index is 1.74. The monoisotopic (exact) mass is 253 g/mol. The molecule has 1 saturated heterocycles. The van der Waals surface area contributed by atoms with Crippen LogP contribution in [0.3, 0.4) is 0 Å². The number of aryl methyl sites for hydroxylation is 1. The molecule has 18 heavy (non-hydrogen) atoms. The fourth-order valence-electron chi connectivity index (χ4n) is 1.95. The second kappa shape index (κ2) is 5.86. The third-order valence-corrected chi connectivity index (χ3v) is 2.93. The predicted octanol–water partition coefficient (Wildman–Crippen LogP) is 1.30. The lowest BCUT2D eigenvalue weighted by atomic mass is 10.2. The van der Waals surface area contributed by atoms with Gasteiger partial charge in [0.2, 0.25) is 0 Å². The molecule has 0 spiro atoms. The van der Waals surface area contributed by atoms with Gasteiger partial charge in [-0.3, -0.25) is 0 Å². The number of urea groups is 1. The van der Waals surface area contributed by atoms with Gasteiger partial charge in [0.15, 0.2) is 0 Å². The number of nitrogens with zero attached hydrogens (tertiary/aromatic N) is 2. The minimum absolute atomic E-state index is 0.119. The van der Waals surface area contributed by atoms with Crippen molar-refractivity contribution in [2.45, 2.75) is 32.4 Å². The molecule has 1 aliphatic heterocycles. The molecule has 2 rings (SSSR count). The third-order valence-electron chi connectivity index (χ3n) is 2.93. The molecule has 1 atom stereocenters. The van der Waals surface area contributed by atoms with Crippen molar-refractivity contribution in [3.05, 3.63) is 17.5 Å². The molecule has 100 valence electrons. The fourth-order valence-corrected chi connectivity index (χ4v) is 1.95. The van der Waals surface area contributed by atoms with Crippen LogP contribution < -0.4 is 5.32 Å². The number of aromatic nitrogens is 1. The highest BCUT2D eigenvalue weighted by atomic mass is 16.5. The topological polar surface area (TPSA) is 67.6 Å². The average Bonchev–Trinajstić information content (AvgIpc) is 2.97. The smallest absolute Gasteiger partial charge is 0.317 e. The number of nitrogens with one attached hydrogen (secondary N) is 1. The number of ether oxygens (including phenoxy) is 1. The number of amides is 2. The normalized spacial score (nSPS) is 18.9. The van der Waals surface area contributed by atoms with E-state index in [0.29, 0.717) is 13.1 Å². The summed E-state index contributed by atoms with van der Waals surface area (Å²) in [4.78, 5) is 13.4. The Morgan fingerprint density at radius 2 is 2.50 bits per heavy atom. The largest absolute Gasteiger partial charge is 0.376 e. The highest BCUT2D eigenvalue weighted by Crippen LogP contribution is 2.10. The number of rotatable bonds is 4. The molecule has 2 heterocycles. The first-order chi connectivity index (χ1) is 8.65. The molecule has 0 aromatic carbocycles. The van der Waals surface area contributed by atoms with E-state index in [0.717, 1.165) is 30.9 Å². The number of carbonyl (C=O) groups is 1. The van der Waals surface area contributed by atoms with Crippen molar-refractivity contribution in [3.8, 4) is 0 Å². The van der Waals surface area contributed by atoms with Crippen molar-refractivity contribution in [1.82, 2.24) is 15.4 Å². The quantitative estimate of drug-likeness (QED) is 0.878. The van der Waals surface area contributed by atoms with Gasteiger partial charge in [-0.2, -0.15) is 0 Å². The van der Waals surface area contributed by atoms with Crippen LogP contribution in [0, 0.1) is 6.92 Å². The van der Waals surface area contributed by atoms with Crippen molar-refractivity contribution >= 4 is 6.03 Å². The predicted molar refractivity (Wildman–Crippen MR) is 65.1 cm³/mol. The van der Waals surface area contributed by atoms with Crippen LogP contribution >= 0.6 is 0 Å². The highest BCUT2D eigenvalue weighted by Gasteiger charge is 2.17. The van der Waals surface area contributed by atoms with Gasteiger partial charge in [0.05, 0.1) is 12.6 Å². The van der Waals surface area contributed by atoms with Crippen LogP contribution in [-0.4, -0.2) is 42.4 Å². The maximum atomic E-state index is 11.8. The van der Waals surface area contributed by atoms with Crippen LogP contribution in [0.1, 0.15) is 24.3 Å². The summed E-state index contributed by atoms with van der Waals surface area (Å²) in [5.41, 5.74) is 0.752. The Bertz CT molecular complexity index is 399. The maximum absolute atomic E-state index is 11.8. The molecule has 0 aliphatic carbocycles. The van der Waals surface area contributed by atoms with Gasteiger partial charge in [-0.05, 0) is 19.8 Å². The van der Waals surface area contributed by atoms with Crippen molar-refractivity contribution in [3.63, 3.8) is 0 Å². The minimum atomic E-state index is -0.119. The van der Waals surface area contributed by atoms with Crippen molar-refractivity contribution in [2.24, 2.45) is 0 Å². The van der Waals surface area contributed by atoms with Gasteiger partial charge < -0.3 is 19.5 Å². The Morgan fingerprint density at radius 1 is 1.67 bits per heavy atom. The zero-order valence-electron chi connectivity index (χ0n) is 10.8. The summed E-state index contributed by atoms with van der Waals surface area (Å²) in [6.07, 6.45) is 2.26. The lowest BCUT2D eigenvalue weighted by Gasteiger charge is -2.18. The Labute approximate surface area is 106 Å². The Hall–Kier alpha value is -1.56. The molecule has 1 aromatic heterocycles. The van der Waals surface area contributed by atoms with Crippen LogP contribution in [0.2, 0.25) is 0 Å². The molecule has 1 aromatic rings. The van der Waals surface area contributed by atoms with Crippen LogP contribution in [0.15, 0.2) is 10.6 Å². The van der Waals surface area contributed by atoms with Crippen LogP contribution in [0.4, 0.5) is 4.79 Å². The SMILES string of the molecule is Cc1cc(CN(C)C(=O)NCC2CCCO2)no1. The molecular weight excluding hydrogens is 234 g/mol. The summed E-state index contributed by atoms with van der Waals surface area (Å²) in [5.74, 6) is 0.748. The molecular formula is C12H19N3O3. The Morgan fingerprint density at radius 3 is 3.11 bits per heavy atom. The molecule has 6 nitrogen and oxygen atoms in total. The van der Waals surface area contributed by atoms with Crippen molar-refractivity contribution < 1.29 is 14.1 Å². The zero-order valence-corrected chi connectivity index (χ0v) is 10.8. The average molecular weight is 253 g/mol. The molecule has 1 aliphatic rings. The van der Waals surface area contributed by atoms with E-state index in [1.165, 1.54) is 0 Å². The highest BCUT2D eigenvalue weighted by molar-refractivity contribution is 5.73. The number of carbonyl (C=O) groups excluding carboxylic acids is 1. The zero-order chi connectivity index (χ0) is 13.0. The first-order valence-electron chi connectivity index (χ1n) is 6.18. The lowest BCUT2D eigenvalue weighted by molar-refractivity contribution is 0.109. The molecule has 0 bridgehead atoms. The van der Waals surface area contributed by atoms with Crippen molar-refractivity contribution in [1.29, 1.82) is 0 Å². The summed E-state index contributed by atoms with van der Waals surface area (Å²) in [5, 5.41) is 6.71. The van der Waals surface area contributed by atoms with E-state index in [4.69, 9.17) is 9.26 Å². The number of hydrogen-bond donors (Lipinski definition) is 1. The minimum Gasteiger partial charge on any atom is -0.376 e. The van der Waals surface area contributed by atoms with Gasteiger partial charge in [-0.15, -0.1) is 0 Å². The first kappa shape index (κ1) is 12.9. The van der Waals surface area contributed by atoms with Gasteiger partial charge in [0.25, 0.3) is 0 Å². The molecule has 2 amide bonds. The fraction of sp³-hybridized carbons (Fsp3) is 0.667. The van der Waals surface area contributed by atoms with Gasteiger partial charge in [0, 0.05) is 26.3 Å². The second-order valence-electron chi connectivity index (χ2n) is 4.61. The summed E-state index contributed by atoms with van der Waals surface area (Å²) in [6.45, 7) is 3.64. The molecule has 1 unspecified atom stereocenters. The molecule has 1 N–H and O–H groups in total. The summed E-state index contributed by atoms with van der Waals surface area (Å²) >= 11 is 0. The van der Waals surface area contributed by atoms with Gasteiger partial charge in [-0.25, -0.2) is 4.79 Å². The van der Waals surface area contributed by atoms with Crippen LogP contribution in [-0.2, 0) is 11.3 Å². The van der Waals surface area contributed by atoms with Gasteiger partial charge in [0.1, 0.15) is 11.5 Å². The van der Waals surface area contributed by atoms with E-state index in [2.05, 4.69) is 10.5 Å². The van der Waals surface area contributed by atoms with E-state index >= 15 is 0 Å². The third kappa shape index (κ3) is 3.46. The van der Waals surface area contributed by atoms with Crippen LogP contribution in [0.5, 0.6) is 0 Å². The summed E-state index contributed by atoms with van der Waals surface area (Å²) in [7, 11) is 1.73. The maximum Gasteiger partial charge on any atom is 0.317 e. The van der Waals surface area contributed by atoms with Gasteiger partial charge in [-0.1, -0.05) is 5.16 Å². The first-order valence-corrected chi connectivity index (χ1v) is 6.18. The summed E-state index contributed by atoms with van der Waals surface area (Å²) in [6, 6.07) is 1.70. The summed E-state index contributed by atoms with van der Waals surface area (Å²) < 4.78 is 10.4. The van der Waals surface area contributed by atoms with E-state index in [-0.39, 0.29) is 12.1 Å². The Kier molecular flexibility index (Phi) is 4.19. The van der Waals surface area contributed by atoms with Crippen molar-refractivity contribution in [2.75, 3.05) is 20.2 Å². The van der Waals surface area contributed by atoms with Gasteiger partial charge >= 0.3 is 6.03 Å². The van der Waals surface area contributed by atoms with E-state index < -0.39 is 0 Å².